The van der Waals surface area contributed by atoms with Crippen molar-refractivity contribution in [1.29, 1.82) is 5.26 Å². The Labute approximate surface area is 103 Å². The minimum atomic E-state index is 0.705. The maximum Gasteiger partial charge on any atom is 0.0994 e. The zero-order valence-electron chi connectivity index (χ0n) is 8.65. The van der Waals surface area contributed by atoms with Crippen molar-refractivity contribution >= 4 is 15.9 Å². The van der Waals surface area contributed by atoms with Gasteiger partial charge in [-0.2, -0.15) is 5.26 Å². The largest absolute Gasteiger partial charge is 0.192 e. The summed E-state index contributed by atoms with van der Waals surface area (Å²) in [4.78, 5) is 0. The molecule has 0 saturated carbocycles. The van der Waals surface area contributed by atoms with Crippen LogP contribution in [-0.4, -0.2) is 0 Å². The summed E-state index contributed by atoms with van der Waals surface area (Å²) in [6, 6.07) is 18.3. The fourth-order valence-corrected chi connectivity index (χ4v) is 2.09. The minimum absolute atomic E-state index is 0.705. The van der Waals surface area contributed by atoms with Crippen LogP contribution in [0.25, 0.3) is 11.1 Å². The molecule has 0 radical (unpaired) electrons. The van der Waals surface area contributed by atoms with Gasteiger partial charge in [0.15, 0.2) is 0 Å². The molecule has 2 heteroatoms. The van der Waals surface area contributed by atoms with Crippen LogP contribution in [0.2, 0.25) is 0 Å². The van der Waals surface area contributed by atoms with E-state index in [1.807, 2.05) is 30.3 Å². The van der Waals surface area contributed by atoms with Crippen molar-refractivity contribution in [3.8, 4) is 17.2 Å². The third-order valence-corrected chi connectivity index (χ3v) is 3.08. The maximum absolute atomic E-state index is 8.94. The molecular formula is C14H10BrN. The summed E-state index contributed by atoms with van der Waals surface area (Å²) >= 11 is 3.40. The molecule has 0 aliphatic heterocycles. The quantitative estimate of drug-likeness (QED) is 0.754. The molecule has 0 unspecified atom stereocenters. The van der Waals surface area contributed by atoms with Crippen LogP contribution in [0.3, 0.4) is 0 Å². The van der Waals surface area contributed by atoms with E-state index in [2.05, 4.69) is 40.2 Å². The maximum atomic E-state index is 8.94. The highest BCUT2D eigenvalue weighted by Crippen LogP contribution is 2.23. The number of rotatable bonds is 2. The van der Waals surface area contributed by atoms with Crippen molar-refractivity contribution in [1.82, 2.24) is 0 Å². The number of nitriles is 1. The van der Waals surface area contributed by atoms with Gasteiger partial charge in [-0.25, -0.2) is 0 Å². The topological polar surface area (TPSA) is 23.8 Å². The molecule has 0 aromatic heterocycles. The van der Waals surface area contributed by atoms with Gasteiger partial charge in [-0.15, -0.1) is 0 Å². The van der Waals surface area contributed by atoms with Crippen molar-refractivity contribution in [2.24, 2.45) is 0 Å². The van der Waals surface area contributed by atoms with Crippen molar-refractivity contribution < 1.29 is 0 Å². The smallest absolute Gasteiger partial charge is 0.0994 e. The molecule has 0 aliphatic carbocycles. The molecule has 0 N–H and O–H groups in total. The first kappa shape index (κ1) is 10.9. The molecular weight excluding hydrogens is 262 g/mol. The Kier molecular flexibility index (Phi) is 3.38. The van der Waals surface area contributed by atoms with Crippen LogP contribution in [0, 0.1) is 11.3 Å². The summed E-state index contributed by atoms with van der Waals surface area (Å²) in [5, 5.41) is 9.65. The van der Waals surface area contributed by atoms with Crippen LogP contribution in [-0.2, 0) is 5.33 Å². The van der Waals surface area contributed by atoms with E-state index in [9.17, 15) is 0 Å². The molecule has 16 heavy (non-hydrogen) atoms. The minimum Gasteiger partial charge on any atom is -0.192 e. The van der Waals surface area contributed by atoms with E-state index in [0.717, 1.165) is 16.7 Å². The number of benzene rings is 2. The number of halogens is 1. The zero-order valence-corrected chi connectivity index (χ0v) is 10.2. The molecule has 0 bridgehead atoms. The first-order chi connectivity index (χ1) is 7.85. The van der Waals surface area contributed by atoms with E-state index < -0.39 is 0 Å². The summed E-state index contributed by atoms with van der Waals surface area (Å²) in [6.45, 7) is 0. The van der Waals surface area contributed by atoms with Gasteiger partial charge in [0.25, 0.3) is 0 Å². The van der Waals surface area contributed by atoms with E-state index in [0.29, 0.717) is 5.33 Å². The SMILES string of the molecule is N#Cc1ccc(-c2ccccc2)cc1CBr. The molecule has 0 heterocycles. The lowest BCUT2D eigenvalue weighted by atomic mass is 10.0. The van der Waals surface area contributed by atoms with Gasteiger partial charge < -0.3 is 0 Å². The molecule has 1 nitrogen and oxygen atoms in total. The third kappa shape index (κ3) is 2.15. The molecule has 0 fully saturated rings. The average Bonchev–Trinajstić information content (AvgIpc) is 2.39. The number of hydrogen-bond acceptors (Lipinski definition) is 1. The Morgan fingerprint density at radius 1 is 1.00 bits per heavy atom. The Morgan fingerprint density at radius 3 is 2.38 bits per heavy atom. The van der Waals surface area contributed by atoms with Crippen molar-refractivity contribution in [2.75, 3.05) is 0 Å². The van der Waals surface area contributed by atoms with Crippen LogP contribution in [0.1, 0.15) is 11.1 Å². The summed E-state index contributed by atoms with van der Waals surface area (Å²) < 4.78 is 0. The van der Waals surface area contributed by atoms with Crippen LogP contribution in [0.4, 0.5) is 0 Å². The normalized spacial score (nSPS) is 9.75. The summed E-state index contributed by atoms with van der Waals surface area (Å²) in [6.07, 6.45) is 0. The fraction of sp³-hybridized carbons (Fsp3) is 0.0714. The molecule has 0 amide bonds. The number of hydrogen-bond donors (Lipinski definition) is 0. The monoisotopic (exact) mass is 271 g/mol. The highest BCUT2D eigenvalue weighted by Gasteiger charge is 2.03. The first-order valence-corrected chi connectivity index (χ1v) is 6.11. The zero-order chi connectivity index (χ0) is 11.4. The summed E-state index contributed by atoms with van der Waals surface area (Å²) in [5.41, 5.74) is 4.09. The van der Waals surface area contributed by atoms with Crippen molar-refractivity contribution in [3.63, 3.8) is 0 Å². The third-order valence-electron chi connectivity index (χ3n) is 2.48. The van der Waals surface area contributed by atoms with E-state index in [-0.39, 0.29) is 0 Å². The fourth-order valence-electron chi connectivity index (χ4n) is 1.62. The van der Waals surface area contributed by atoms with Gasteiger partial charge in [0, 0.05) is 5.33 Å². The van der Waals surface area contributed by atoms with Gasteiger partial charge in [0.1, 0.15) is 0 Å². The van der Waals surface area contributed by atoms with Gasteiger partial charge >= 0.3 is 0 Å². The lowest BCUT2D eigenvalue weighted by Gasteiger charge is -2.05. The molecule has 0 atom stereocenters. The van der Waals surface area contributed by atoms with Gasteiger partial charge in [0.05, 0.1) is 11.6 Å². The van der Waals surface area contributed by atoms with Crippen LogP contribution in [0.15, 0.2) is 48.5 Å². The van der Waals surface area contributed by atoms with Crippen molar-refractivity contribution in [3.05, 3.63) is 59.7 Å². The average molecular weight is 272 g/mol. The Hall–Kier alpha value is -1.59. The number of nitrogens with zero attached hydrogens (tertiary/aromatic N) is 1. The molecule has 2 aromatic carbocycles. The van der Waals surface area contributed by atoms with Crippen LogP contribution in [0.5, 0.6) is 0 Å². The second-order valence-corrected chi connectivity index (χ2v) is 4.04. The van der Waals surface area contributed by atoms with E-state index >= 15 is 0 Å². The van der Waals surface area contributed by atoms with Crippen LogP contribution >= 0.6 is 15.9 Å². The van der Waals surface area contributed by atoms with Gasteiger partial charge in [-0.05, 0) is 28.8 Å². The second-order valence-electron chi connectivity index (χ2n) is 3.48. The molecule has 2 aromatic rings. The lowest BCUT2D eigenvalue weighted by Crippen LogP contribution is -1.87. The molecule has 2 rings (SSSR count). The second kappa shape index (κ2) is 4.96. The lowest BCUT2D eigenvalue weighted by molar-refractivity contribution is 1.37. The Morgan fingerprint density at radius 2 is 1.75 bits per heavy atom. The molecule has 0 saturated heterocycles. The van der Waals surface area contributed by atoms with E-state index in [1.165, 1.54) is 5.56 Å². The van der Waals surface area contributed by atoms with Gasteiger partial charge in [0.2, 0.25) is 0 Å². The predicted molar refractivity (Wildman–Crippen MR) is 69.2 cm³/mol. The number of alkyl halides is 1. The van der Waals surface area contributed by atoms with E-state index in [4.69, 9.17) is 5.26 Å². The highest BCUT2D eigenvalue weighted by molar-refractivity contribution is 9.08. The Bertz CT molecular complexity index is 526. The Balaban J connectivity index is 2.49. The van der Waals surface area contributed by atoms with Gasteiger partial charge in [-0.1, -0.05) is 52.3 Å². The standard InChI is InChI=1S/C14H10BrN/c15-9-14-8-12(6-7-13(14)10-16)11-4-2-1-3-5-11/h1-8H,9H2. The molecule has 0 aliphatic rings. The van der Waals surface area contributed by atoms with E-state index in [1.54, 1.807) is 0 Å². The summed E-state index contributed by atoms with van der Waals surface area (Å²) in [7, 11) is 0. The highest BCUT2D eigenvalue weighted by atomic mass is 79.9. The van der Waals surface area contributed by atoms with Crippen LogP contribution < -0.4 is 0 Å². The molecule has 78 valence electrons. The molecule has 0 spiro atoms. The predicted octanol–water partition coefficient (Wildman–Crippen LogP) is 4.12. The summed E-state index contributed by atoms with van der Waals surface area (Å²) in [5.74, 6) is 0. The van der Waals surface area contributed by atoms with Gasteiger partial charge in [-0.3, -0.25) is 0 Å². The van der Waals surface area contributed by atoms with Crippen molar-refractivity contribution in [2.45, 2.75) is 5.33 Å². The first-order valence-electron chi connectivity index (χ1n) is 4.99.